The van der Waals surface area contributed by atoms with Crippen molar-refractivity contribution in [3.63, 3.8) is 0 Å². The molecule has 3 heterocycles. The molecule has 0 unspecified atom stereocenters. The zero-order chi connectivity index (χ0) is 27.7. The SMILES string of the molecule is COC(=O)c1ccc(Cl)c(-n2cc(C)c3nc(Nc4ccc(N5CCC(N(C)C)CC5)cc4)ncc3c2=O)c1. The molecule has 39 heavy (non-hydrogen) atoms. The second kappa shape index (κ2) is 11.0. The highest BCUT2D eigenvalue weighted by Gasteiger charge is 2.21. The number of hydrogen-bond donors (Lipinski definition) is 1. The second-order valence-electron chi connectivity index (χ2n) is 9.95. The Morgan fingerprint density at radius 3 is 2.51 bits per heavy atom. The molecule has 10 heteroatoms. The van der Waals surface area contributed by atoms with Gasteiger partial charge in [0.2, 0.25) is 5.95 Å². The van der Waals surface area contributed by atoms with Crippen LogP contribution in [0.1, 0.15) is 28.8 Å². The van der Waals surface area contributed by atoms with Gasteiger partial charge in [0, 0.05) is 42.9 Å². The Morgan fingerprint density at radius 2 is 1.85 bits per heavy atom. The summed E-state index contributed by atoms with van der Waals surface area (Å²) < 4.78 is 6.21. The monoisotopic (exact) mass is 546 g/mol. The van der Waals surface area contributed by atoms with E-state index >= 15 is 0 Å². The predicted octanol–water partition coefficient (Wildman–Crippen LogP) is 4.80. The van der Waals surface area contributed by atoms with Crippen molar-refractivity contribution in [2.24, 2.45) is 0 Å². The molecule has 0 aliphatic carbocycles. The second-order valence-corrected chi connectivity index (χ2v) is 10.4. The quantitative estimate of drug-likeness (QED) is 0.345. The molecule has 1 aliphatic heterocycles. The van der Waals surface area contributed by atoms with Crippen LogP contribution < -0.4 is 15.8 Å². The van der Waals surface area contributed by atoms with Crippen molar-refractivity contribution in [3.05, 3.63) is 81.4 Å². The molecule has 0 saturated carbocycles. The summed E-state index contributed by atoms with van der Waals surface area (Å²) in [7, 11) is 5.59. The van der Waals surface area contributed by atoms with Crippen LogP contribution in [0.3, 0.4) is 0 Å². The average molecular weight is 547 g/mol. The van der Waals surface area contributed by atoms with E-state index in [1.54, 1.807) is 18.3 Å². The van der Waals surface area contributed by atoms with Gasteiger partial charge >= 0.3 is 5.97 Å². The van der Waals surface area contributed by atoms with Crippen LogP contribution in [0.2, 0.25) is 5.02 Å². The molecule has 2 aromatic heterocycles. The van der Waals surface area contributed by atoms with Gasteiger partial charge in [-0.15, -0.1) is 0 Å². The number of ether oxygens (including phenoxy) is 1. The van der Waals surface area contributed by atoms with Gasteiger partial charge in [-0.1, -0.05) is 11.6 Å². The number of aromatic nitrogens is 3. The fourth-order valence-electron chi connectivity index (χ4n) is 4.99. The summed E-state index contributed by atoms with van der Waals surface area (Å²) in [5.74, 6) is -0.118. The summed E-state index contributed by atoms with van der Waals surface area (Å²) in [5.41, 5.74) is 3.68. The normalized spacial score (nSPS) is 14.2. The lowest BCUT2D eigenvalue weighted by molar-refractivity contribution is 0.0600. The molecule has 1 aliphatic rings. The third-order valence-electron chi connectivity index (χ3n) is 7.24. The number of benzene rings is 2. The zero-order valence-corrected chi connectivity index (χ0v) is 23.2. The fourth-order valence-corrected chi connectivity index (χ4v) is 5.20. The summed E-state index contributed by atoms with van der Waals surface area (Å²) in [4.78, 5) is 39.1. The van der Waals surface area contributed by atoms with Crippen molar-refractivity contribution in [3.8, 4) is 5.69 Å². The minimum atomic E-state index is -0.514. The van der Waals surface area contributed by atoms with E-state index in [0.717, 1.165) is 37.2 Å². The molecular weight excluding hydrogens is 516 g/mol. The van der Waals surface area contributed by atoms with Crippen LogP contribution in [-0.2, 0) is 4.74 Å². The van der Waals surface area contributed by atoms with Gasteiger partial charge in [-0.3, -0.25) is 9.36 Å². The smallest absolute Gasteiger partial charge is 0.337 e. The number of nitrogens with one attached hydrogen (secondary N) is 1. The first-order valence-electron chi connectivity index (χ1n) is 12.8. The van der Waals surface area contributed by atoms with E-state index in [-0.39, 0.29) is 5.56 Å². The molecule has 0 radical (unpaired) electrons. The Morgan fingerprint density at radius 1 is 1.13 bits per heavy atom. The Bertz CT molecular complexity index is 1580. The largest absolute Gasteiger partial charge is 0.465 e. The van der Waals surface area contributed by atoms with Crippen molar-refractivity contribution in [2.45, 2.75) is 25.8 Å². The molecular formula is C29H31ClN6O3. The molecule has 0 bridgehead atoms. The van der Waals surface area contributed by atoms with Crippen molar-refractivity contribution in [1.29, 1.82) is 0 Å². The molecule has 1 N–H and O–H groups in total. The van der Waals surface area contributed by atoms with Crippen molar-refractivity contribution >= 4 is 45.8 Å². The number of carbonyl (C=O) groups is 1. The summed E-state index contributed by atoms with van der Waals surface area (Å²) >= 11 is 6.39. The summed E-state index contributed by atoms with van der Waals surface area (Å²) in [5, 5.41) is 3.92. The number of aryl methyl sites for hydroxylation is 1. The van der Waals surface area contributed by atoms with Gasteiger partial charge in [-0.2, -0.15) is 0 Å². The van der Waals surface area contributed by atoms with E-state index in [2.05, 4.69) is 51.3 Å². The summed E-state index contributed by atoms with van der Waals surface area (Å²) in [6.07, 6.45) is 5.49. The summed E-state index contributed by atoms with van der Waals surface area (Å²) in [6.45, 7) is 3.94. The maximum absolute atomic E-state index is 13.4. The van der Waals surface area contributed by atoms with E-state index in [1.807, 2.05) is 19.1 Å². The number of methoxy groups -OCH3 is 1. The Kier molecular flexibility index (Phi) is 7.54. The van der Waals surface area contributed by atoms with Gasteiger partial charge < -0.3 is 19.9 Å². The highest BCUT2D eigenvalue weighted by atomic mass is 35.5. The molecule has 4 aromatic rings. The summed E-state index contributed by atoms with van der Waals surface area (Å²) in [6, 6.07) is 13.5. The number of piperidine rings is 1. The van der Waals surface area contributed by atoms with Crippen LogP contribution in [0.5, 0.6) is 0 Å². The van der Waals surface area contributed by atoms with Gasteiger partial charge in [-0.25, -0.2) is 14.8 Å². The number of fused-ring (bicyclic) bond motifs is 1. The minimum Gasteiger partial charge on any atom is -0.465 e. The lowest BCUT2D eigenvalue weighted by Crippen LogP contribution is -2.41. The number of anilines is 3. The third-order valence-corrected chi connectivity index (χ3v) is 7.56. The lowest BCUT2D eigenvalue weighted by atomic mass is 10.0. The molecule has 5 rings (SSSR count). The molecule has 0 atom stereocenters. The first-order chi connectivity index (χ1) is 18.7. The van der Waals surface area contributed by atoms with E-state index in [9.17, 15) is 9.59 Å². The average Bonchev–Trinajstić information content (AvgIpc) is 2.95. The number of halogens is 1. The van der Waals surface area contributed by atoms with Crippen molar-refractivity contribution in [1.82, 2.24) is 19.4 Å². The van der Waals surface area contributed by atoms with Gasteiger partial charge in [-0.05, 0) is 81.9 Å². The first kappa shape index (κ1) is 26.6. The molecule has 0 spiro atoms. The predicted molar refractivity (Wildman–Crippen MR) is 155 cm³/mol. The Balaban J connectivity index is 1.38. The minimum absolute atomic E-state index is 0.293. The molecule has 1 saturated heterocycles. The number of hydrogen-bond acceptors (Lipinski definition) is 8. The van der Waals surface area contributed by atoms with Crippen LogP contribution in [0.25, 0.3) is 16.6 Å². The van der Waals surface area contributed by atoms with E-state index in [1.165, 1.54) is 29.6 Å². The van der Waals surface area contributed by atoms with Crippen LogP contribution in [0.4, 0.5) is 17.3 Å². The van der Waals surface area contributed by atoms with E-state index < -0.39 is 5.97 Å². The zero-order valence-electron chi connectivity index (χ0n) is 22.4. The molecule has 9 nitrogen and oxygen atoms in total. The van der Waals surface area contributed by atoms with Gasteiger partial charge in [0.15, 0.2) is 0 Å². The fraction of sp³-hybridized carbons (Fsp3) is 0.310. The highest BCUT2D eigenvalue weighted by Crippen LogP contribution is 2.26. The molecule has 1 fully saturated rings. The highest BCUT2D eigenvalue weighted by molar-refractivity contribution is 6.32. The number of rotatable bonds is 6. The van der Waals surface area contributed by atoms with Crippen LogP contribution in [0, 0.1) is 6.92 Å². The molecule has 0 amide bonds. The first-order valence-corrected chi connectivity index (χ1v) is 13.2. The van der Waals surface area contributed by atoms with Gasteiger partial charge in [0.25, 0.3) is 5.56 Å². The van der Waals surface area contributed by atoms with Gasteiger partial charge in [0.1, 0.15) is 0 Å². The standard InChI is InChI=1S/C29H31ClN6O3/c1-18-17-36(25-15-19(28(38)39-4)5-10-24(25)30)27(37)23-16-31-29(33-26(18)23)32-20-6-8-22(9-7-20)35-13-11-21(12-14-35)34(2)3/h5-10,15-17,21H,11-14H2,1-4H3,(H,31,32,33). The van der Waals surface area contributed by atoms with Crippen LogP contribution in [0.15, 0.2) is 59.7 Å². The van der Waals surface area contributed by atoms with Crippen LogP contribution in [-0.4, -0.2) is 65.7 Å². The van der Waals surface area contributed by atoms with E-state index in [0.29, 0.717) is 39.2 Å². The number of nitrogens with zero attached hydrogens (tertiary/aromatic N) is 5. The number of esters is 1. The van der Waals surface area contributed by atoms with Crippen molar-refractivity contribution in [2.75, 3.05) is 44.5 Å². The Labute approximate surface area is 232 Å². The number of pyridine rings is 1. The van der Waals surface area contributed by atoms with E-state index in [4.69, 9.17) is 16.3 Å². The maximum Gasteiger partial charge on any atom is 0.337 e. The van der Waals surface area contributed by atoms with Crippen LogP contribution >= 0.6 is 11.6 Å². The topological polar surface area (TPSA) is 92.6 Å². The van der Waals surface area contributed by atoms with Gasteiger partial charge in [0.05, 0.1) is 34.3 Å². The lowest BCUT2D eigenvalue weighted by Gasteiger charge is -2.36. The van der Waals surface area contributed by atoms with Crippen molar-refractivity contribution < 1.29 is 9.53 Å². The Hall–Kier alpha value is -3.95. The molecule has 202 valence electrons. The maximum atomic E-state index is 13.4. The molecule has 2 aromatic carbocycles. The number of carbonyl (C=O) groups excluding carboxylic acids is 1. The third kappa shape index (κ3) is 5.46.